The van der Waals surface area contributed by atoms with Crippen molar-refractivity contribution in [2.24, 2.45) is 0 Å². The molecule has 0 saturated carbocycles. The zero-order chi connectivity index (χ0) is 14.7. The molecule has 3 aromatic heterocycles. The molecule has 0 spiro atoms. The summed E-state index contributed by atoms with van der Waals surface area (Å²) in [7, 11) is 0. The Morgan fingerprint density at radius 2 is 2.24 bits per heavy atom. The van der Waals surface area contributed by atoms with E-state index < -0.39 is 0 Å². The normalized spacial score (nSPS) is 14.2. The quantitative estimate of drug-likeness (QED) is 0.758. The summed E-state index contributed by atoms with van der Waals surface area (Å²) in [6.45, 7) is 4.92. The van der Waals surface area contributed by atoms with Crippen molar-refractivity contribution in [2.75, 3.05) is 0 Å². The summed E-state index contributed by atoms with van der Waals surface area (Å²) >= 11 is 1.59. The van der Waals surface area contributed by atoms with Gasteiger partial charge in [0, 0.05) is 18.4 Å². The molecule has 1 N–H and O–H groups in total. The lowest BCUT2D eigenvalue weighted by Gasteiger charge is -2.17. The molecule has 0 aliphatic heterocycles. The fraction of sp³-hybridized carbons (Fsp3) is 0.357. The number of thiophene rings is 1. The van der Waals surface area contributed by atoms with Crippen LogP contribution in [0.4, 0.5) is 0 Å². The first-order valence-electron chi connectivity index (χ1n) is 6.83. The van der Waals surface area contributed by atoms with Crippen LogP contribution >= 0.6 is 11.3 Å². The molecule has 7 heteroatoms. The van der Waals surface area contributed by atoms with E-state index in [1.54, 1.807) is 17.5 Å². The van der Waals surface area contributed by atoms with E-state index in [-0.39, 0.29) is 12.1 Å². The minimum Gasteiger partial charge on any atom is -0.418 e. The van der Waals surface area contributed by atoms with Gasteiger partial charge in [-0.1, -0.05) is 6.07 Å². The van der Waals surface area contributed by atoms with Crippen molar-refractivity contribution in [2.45, 2.75) is 32.5 Å². The molecule has 0 radical (unpaired) electrons. The van der Waals surface area contributed by atoms with E-state index in [4.69, 9.17) is 4.42 Å². The van der Waals surface area contributed by atoms with Crippen molar-refractivity contribution in [3.63, 3.8) is 0 Å². The highest BCUT2D eigenvalue weighted by Gasteiger charge is 2.17. The number of hydrogen-bond donors (Lipinski definition) is 1. The highest BCUT2D eigenvalue weighted by Crippen LogP contribution is 2.24. The number of nitrogens with one attached hydrogen (secondary N) is 1. The maximum absolute atomic E-state index is 5.73. The van der Waals surface area contributed by atoms with Gasteiger partial charge in [0.05, 0.1) is 17.5 Å². The van der Waals surface area contributed by atoms with Crippen LogP contribution in [0.5, 0.6) is 0 Å². The summed E-state index contributed by atoms with van der Waals surface area (Å²) in [5.41, 5.74) is 0. The summed E-state index contributed by atoms with van der Waals surface area (Å²) in [4.78, 5) is 0.991. The predicted molar refractivity (Wildman–Crippen MR) is 80.9 cm³/mol. The molecule has 0 aliphatic rings. The maximum atomic E-state index is 5.73. The van der Waals surface area contributed by atoms with Crippen LogP contribution in [0.25, 0.3) is 10.8 Å². The highest BCUT2D eigenvalue weighted by atomic mass is 32.1. The van der Waals surface area contributed by atoms with Crippen LogP contribution in [0.1, 0.15) is 25.8 Å². The molecule has 3 rings (SSSR count). The Morgan fingerprint density at radius 3 is 2.95 bits per heavy atom. The fourth-order valence-electron chi connectivity index (χ4n) is 2.15. The lowest BCUT2D eigenvalue weighted by molar-refractivity contribution is 0.362. The summed E-state index contributed by atoms with van der Waals surface area (Å²) in [6, 6.07) is 6.10. The van der Waals surface area contributed by atoms with Gasteiger partial charge in [0.2, 0.25) is 5.89 Å². The molecular formula is C14H17N5OS. The maximum Gasteiger partial charge on any atom is 0.257 e. The van der Waals surface area contributed by atoms with Gasteiger partial charge in [-0.2, -0.15) is 5.10 Å². The first-order chi connectivity index (χ1) is 10.2. The molecule has 110 valence electrons. The lowest BCUT2D eigenvalue weighted by Crippen LogP contribution is -2.33. The molecule has 0 bridgehead atoms. The summed E-state index contributed by atoms with van der Waals surface area (Å²) in [5, 5.41) is 17.9. The molecule has 0 aromatic carbocycles. The summed E-state index contributed by atoms with van der Waals surface area (Å²) < 4.78 is 7.63. The Kier molecular flexibility index (Phi) is 4.12. The molecular weight excluding hydrogens is 286 g/mol. The van der Waals surface area contributed by atoms with Crippen molar-refractivity contribution in [1.29, 1.82) is 0 Å². The number of nitrogens with zero attached hydrogens (tertiary/aromatic N) is 4. The molecule has 0 amide bonds. The van der Waals surface area contributed by atoms with E-state index in [0.717, 1.165) is 11.4 Å². The third-order valence-corrected chi connectivity index (χ3v) is 3.96. The average Bonchev–Trinajstić information content (AvgIpc) is 3.20. The minimum atomic E-state index is -0.00299. The van der Waals surface area contributed by atoms with Crippen molar-refractivity contribution < 1.29 is 4.42 Å². The van der Waals surface area contributed by atoms with Gasteiger partial charge in [0.1, 0.15) is 0 Å². The van der Waals surface area contributed by atoms with Gasteiger partial charge < -0.3 is 9.73 Å². The number of hydrogen-bond acceptors (Lipinski definition) is 6. The molecule has 6 nitrogen and oxygen atoms in total. The topological polar surface area (TPSA) is 68.8 Å². The molecule has 0 fully saturated rings. The van der Waals surface area contributed by atoms with Gasteiger partial charge in [-0.05, 0) is 31.4 Å². The van der Waals surface area contributed by atoms with Crippen LogP contribution in [0.15, 0.2) is 40.4 Å². The zero-order valence-electron chi connectivity index (χ0n) is 11.9. The third kappa shape index (κ3) is 3.37. The number of aromatic nitrogens is 4. The molecule has 2 atom stereocenters. The van der Waals surface area contributed by atoms with Gasteiger partial charge in [-0.15, -0.1) is 21.5 Å². The number of rotatable bonds is 6. The second-order valence-corrected chi connectivity index (χ2v) is 5.89. The van der Waals surface area contributed by atoms with E-state index in [2.05, 4.69) is 27.5 Å². The monoisotopic (exact) mass is 303 g/mol. The molecule has 0 aliphatic carbocycles. The van der Waals surface area contributed by atoms with Gasteiger partial charge in [0.25, 0.3) is 5.89 Å². The fourth-order valence-corrected chi connectivity index (χ4v) is 2.79. The molecule has 0 unspecified atom stereocenters. The molecule has 0 saturated heterocycles. The summed E-state index contributed by atoms with van der Waals surface area (Å²) in [6.07, 6.45) is 3.73. The SMILES string of the molecule is C[C@H](Cn1cccn1)N[C@H](C)c1nnc(-c2cccs2)o1. The first kappa shape index (κ1) is 14.0. The van der Waals surface area contributed by atoms with Crippen LogP contribution in [-0.2, 0) is 6.54 Å². The minimum absolute atomic E-state index is 0.00299. The van der Waals surface area contributed by atoms with Crippen LogP contribution in [0.3, 0.4) is 0 Å². The standard InChI is InChI=1S/C14H17N5OS/c1-10(9-19-7-4-6-15-19)16-11(2)13-17-18-14(20-13)12-5-3-8-21-12/h3-8,10-11,16H,9H2,1-2H3/t10-,11-/m1/s1. The van der Waals surface area contributed by atoms with Crippen molar-refractivity contribution in [3.8, 4) is 10.8 Å². The van der Waals surface area contributed by atoms with Crippen LogP contribution < -0.4 is 5.32 Å². The first-order valence-corrected chi connectivity index (χ1v) is 7.71. The van der Waals surface area contributed by atoms with Crippen LogP contribution in [-0.4, -0.2) is 26.0 Å². The second-order valence-electron chi connectivity index (χ2n) is 4.94. The van der Waals surface area contributed by atoms with Crippen LogP contribution in [0.2, 0.25) is 0 Å². The highest BCUT2D eigenvalue weighted by molar-refractivity contribution is 7.13. The average molecular weight is 303 g/mol. The van der Waals surface area contributed by atoms with E-state index in [9.17, 15) is 0 Å². The van der Waals surface area contributed by atoms with Crippen molar-refractivity contribution >= 4 is 11.3 Å². The van der Waals surface area contributed by atoms with E-state index in [0.29, 0.717) is 11.8 Å². The Labute approximate surface area is 126 Å². The third-order valence-electron chi connectivity index (χ3n) is 3.10. The smallest absolute Gasteiger partial charge is 0.257 e. The van der Waals surface area contributed by atoms with Gasteiger partial charge in [-0.3, -0.25) is 4.68 Å². The Morgan fingerprint density at radius 1 is 1.33 bits per heavy atom. The summed E-state index contributed by atoms with van der Waals surface area (Å²) in [5.74, 6) is 1.18. The largest absolute Gasteiger partial charge is 0.418 e. The molecule has 21 heavy (non-hydrogen) atoms. The van der Waals surface area contributed by atoms with Gasteiger partial charge in [0.15, 0.2) is 0 Å². The van der Waals surface area contributed by atoms with E-state index in [1.807, 2.05) is 41.4 Å². The Hall–Kier alpha value is -1.99. The Bertz CT molecular complexity index is 661. The van der Waals surface area contributed by atoms with Gasteiger partial charge >= 0.3 is 0 Å². The van der Waals surface area contributed by atoms with Gasteiger partial charge in [-0.25, -0.2) is 0 Å². The zero-order valence-corrected chi connectivity index (χ0v) is 12.7. The van der Waals surface area contributed by atoms with Crippen LogP contribution in [0, 0.1) is 0 Å². The van der Waals surface area contributed by atoms with E-state index in [1.165, 1.54) is 0 Å². The molecule has 3 aromatic rings. The van der Waals surface area contributed by atoms with Crippen molar-refractivity contribution in [3.05, 3.63) is 41.9 Å². The second kappa shape index (κ2) is 6.19. The lowest BCUT2D eigenvalue weighted by atomic mass is 10.2. The van der Waals surface area contributed by atoms with Crippen molar-refractivity contribution in [1.82, 2.24) is 25.3 Å². The predicted octanol–water partition coefficient (Wildman–Crippen LogP) is 2.73. The Balaban J connectivity index is 1.61. The van der Waals surface area contributed by atoms with E-state index >= 15 is 0 Å². The molecule has 3 heterocycles.